The number of aldehydes is 1. The van der Waals surface area contributed by atoms with Crippen molar-refractivity contribution in [2.75, 3.05) is 13.2 Å². The van der Waals surface area contributed by atoms with Crippen molar-refractivity contribution in [3.8, 4) is 0 Å². The number of hydrogen-bond donors (Lipinski definition) is 0. The van der Waals surface area contributed by atoms with E-state index in [1.54, 1.807) is 12.5 Å². The average Bonchev–Trinajstić information content (AvgIpc) is 2.60. The summed E-state index contributed by atoms with van der Waals surface area (Å²) >= 11 is 0. The number of ether oxygens (including phenoxy) is 1. The van der Waals surface area contributed by atoms with Crippen molar-refractivity contribution in [2.24, 2.45) is 0 Å². The molecule has 1 heterocycles. The Hall–Kier alpha value is -1.16. The zero-order valence-electron chi connectivity index (χ0n) is 7.77. The molecule has 0 saturated heterocycles. The van der Waals surface area contributed by atoms with E-state index in [2.05, 4.69) is 11.9 Å². The Morgan fingerprint density at radius 2 is 2.46 bits per heavy atom. The summed E-state index contributed by atoms with van der Waals surface area (Å²) in [7, 11) is 0. The fraction of sp³-hybridized carbons (Fsp3) is 0.556. The number of hydrogen-bond acceptors (Lipinski definition) is 3. The third-order valence-electron chi connectivity index (χ3n) is 1.62. The quantitative estimate of drug-likeness (QED) is 0.489. The number of rotatable bonds is 6. The summed E-state index contributed by atoms with van der Waals surface area (Å²) in [6, 6.07) is 0. The van der Waals surface area contributed by atoms with Gasteiger partial charge in [-0.25, -0.2) is 4.98 Å². The van der Waals surface area contributed by atoms with E-state index in [-0.39, 0.29) is 0 Å². The Kier molecular flexibility index (Phi) is 4.18. The van der Waals surface area contributed by atoms with Crippen LogP contribution < -0.4 is 0 Å². The molecule has 4 heteroatoms. The van der Waals surface area contributed by atoms with Crippen molar-refractivity contribution in [1.82, 2.24) is 9.55 Å². The first kappa shape index (κ1) is 9.92. The lowest BCUT2D eigenvalue weighted by Crippen LogP contribution is -2.04. The van der Waals surface area contributed by atoms with Crippen LogP contribution in [0.4, 0.5) is 0 Å². The lowest BCUT2D eigenvalue weighted by Gasteiger charge is -2.02. The average molecular weight is 182 g/mol. The second kappa shape index (κ2) is 5.48. The smallest absolute Gasteiger partial charge is 0.169 e. The molecule has 1 aromatic heterocycles. The van der Waals surface area contributed by atoms with E-state index >= 15 is 0 Å². The van der Waals surface area contributed by atoms with Gasteiger partial charge in [0.2, 0.25) is 0 Å². The fourth-order valence-electron chi connectivity index (χ4n) is 0.977. The first-order chi connectivity index (χ1) is 6.36. The normalized spacial score (nSPS) is 10.2. The van der Waals surface area contributed by atoms with Crippen LogP contribution in [0.2, 0.25) is 0 Å². The van der Waals surface area contributed by atoms with E-state index in [0.29, 0.717) is 12.3 Å². The van der Waals surface area contributed by atoms with E-state index in [0.717, 1.165) is 25.9 Å². The van der Waals surface area contributed by atoms with E-state index in [1.807, 2.05) is 4.57 Å². The Balaban J connectivity index is 2.24. The topological polar surface area (TPSA) is 44.1 Å². The summed E-state index contributed by atoms with van der Waals surface area (Å²) < 4.78 is 7.14. The molecule has 0 unspecified atom stereocenters. The maximum Gasteiger partial charge on any atom is 0.169 e. The largest absolute Gasteiger partial charge is 0.380 e. The van der Waals surface area contributed by atoms with Gasteiger partial charge < -0.3 is 9.30 Å². The summed E-state index contributed by atoms with van der Waals surface area (Å²) in [6.07, 6.45) is 5.12. The van der Waals surface area contributed by atoms with E-state index in [1.165, 1.54) is 0 Å². The summed E-state index contributed by atoms with van der Waals surface area (Å²) in [5, 5.41) is 0. The van der Waals surface area contributed by atoms with Crippen molar-refractivity contribution in [3.63, 3.8) is 0 Å². The van der Waals surface area contributed by atoms with E-state index < -0.39 is 0 Å². The molecule has 0 radical (unpaired) electrons. The molecule has 0 spiro atoms. The van der Waals surface area contributed by atoms with Crippen LogP contribution >= 0.6 is 0 Å². The molecule has 0 aliphatic heterocycles. The number of aromatic nitrogens is 2. The maximum atomic E-state index is 10.3. The zero-order valence-corrected chi connectivity index (χ0v) is 7.77. The minimum Gasteiger partial charge on any atom is -0.380 e. The number of carbonyl (C=O) groups excluding carboxylic acids is 1. The van der Waals surface area contributed by atoms with Gasteiger partial charge in [0.15, 0.2) is 6.29 Å². The minimum absolute atomic E-state index is 0.468. The molecular weight excluding hydrogens is 168 g/mol. The van der Waals surface area contributed by atoms with Gasteiger partial charge >= 0.3 is 0 Å². The third kappa shape index (κ3) is 3.38. The molecule has 0 amide bonds. The number of imidazole rings is 1. The van der Waals surface area contributed by atoms with Gasteiger partial charge in [0.05, 0.1) is 12.9 Å². The summed E-state index contributed by atoms with van der Waals surface area (Å²) in [6.45, 7) is 4.28. The molecule has 0 aliphatic carbocycles. The first-order valence-corrected chi connectivity index (χ1v) is 4.41. The van der Waals surface area contributed by atoms with Crippen molar-refractivity contribution in [3.05, 3.63) is 18.2 Å². The molecule has 0 fully saturated rings. The lowest BCUT2D eigenvalue weighted by molar-refractivity contribution is 0.111. The monoisotopic (exact) mass is 182 g/mol. The summed E-state index contributed by atoms with van der Waals surface area (Å²) in [5.74, 6) is 0. The third-order valence-corrected chi connectivity index (χ3v) is 1.62. The van der Waals surface area contributed by atoms with Crippen LogP contribution in [-0.2, 0) is 11.3 Å². The predicted molar refractivity (Wildman–Crippen MR) is 48.7 cm³/mol. The van der Waals surface area contributed by atoms with Crippen LogP contribution in [0.5, 0.6) is 0 Å². The molecule has 0 bridgehead atoms. The summed E-state index contributed by atoms with van der Waals surface area (Å²) in [5.41, 5.74) is 0.468. The van der Waals surface area contributed by atoms with E-state index in [9.17, 15) is 4.79 Å². The van der Waals surface area contributed by atoms with Crippen molar-refractivity contribution < 1.29 is 9.53 Å². The van der Waals surface area contributed by atoms with Crippen LogP contribution in [0.15, 0.2) is 12.5 Å². The molecule has 72 valence electrons. The molecular formula is C9H14N2O2. The molecule has 0 aliphatic rings. The Morgan fingerprint density at radius 3 is 3.08 bits per heavy atom. The fourth-order valence-corrected chi connectivity index (χ4v) is 0.977. The molecule has 1 rings (SSSR count). The highest BCUT2D eigenvalue weighted by Gasteiger charge is 1.95. The van der Waals surface area contributed by atoms with Crippen LogP contribution in [0, 0.1) is 0 Å². The number of carbonyl (C=O) groups is 1. The Labute approximate surface area is 77.5 Å². The molecule has 13 heavy (non-hydrogen) atoms. The second-order valence-electron chi connectivity index (χ2n) is 2.77. The van der Waals surface area contributed by atoms with Gasteiger partial charge in [-0.1, -0.05) is 6.92 Å². The highest BCUT2D eigenvalue weighted by molar-refractivity contribution is 5.70. The highest BCUT2D eigenvalue weighted by Crippen LogP contribution is 1.92. The molecule has 1 aromatic rings. The van der Waals surface area contributed by atoms with Crippen LogP contribution in [0.1, 0.15) is 23.8 Å². The predicted octanol–water partition coefficient (Wildman–Crippen LogP) is 1.12. The minimum atomic E-state index is 0.468. The molecule has 0 N–H and O–H groups in total. The van der Waals surface area contributed by atoms with Crippen molar-refractivity contribution in [2.45, 2.75) is 19.9 Å². The van der Waals surface area contributed by atoms with Crippen molar-refractivity contribution in [1.29, 1.82) is 0 Å². The Morgan fingerprint density at radius 1 is 1.62 bits per heavy atom. The van der Waals surface area contributed by atoms with Crippen LogP contribution in [-0.4, -0.2) is 29.1 Å². The van der Waals surface area contributed by atoms with Gasteiger partial charge in [-0.3, -0.25) is 4.79 Å². The SMILES string of the molecule is CCCOCCn1cnc(C=O)c1. The molecule has 0 atom stereocenters. The second-order valence-corrected chi connectivity index (χ2v) is 2.77. The first-order valence-electron chi connectivity index (χ1n) is 4.41. The molecule has 0 saturated carbocycles. The van der Waals surface area contributed by atoms with Crippen LogP contribution in [0.3, 0.4) is 0 Å². The molecule has 4 nitrogen and oxygen atoms in total. The van der Waals surface area contributed by atoms with Gasteiger partial charge in [-0.15, -0.1) is 0 Å². The van der Waals surface area contributed by atoms with Crippen LogP contribution in [0.25, 0.3) is 0 Å². The zero-order chi connectivity index (χ0) is 9.52. The molecule has 0 aromatic carbocycles. The van der Waals surface area contributed by atoms with Gasteiger partial charge in [0, 0.05) is 19.3 Å². The standard InChI is InChI=1S/C9H14N2O2/c1-2-4-13-5-3-11-6-9(7-12)10-8-11/h6-8H,2-5H2,1H3. The Bertz CT molecular complexity index is 258. The van der Waals surface area contributed by atoms with Gasteiger partial charge in [0.1, 0.15) is 5.69 Å². The van der Waals surface area contributed by atoms with E-state index in [4.69, 9.17) is 4.74 Å². The van der Waals surface area contributed by atoms with Gasteiger partial charge in [0.25, 0.3) is 0 Å². The van der Waals surface area contributed by atoms with Gasteiger partial charge in [-0.05, 0) is 6.42 Å². The number of nitrogens with zero attached hydrogens (tertiary/aromatic N) is 2. The van der Waals surface area contributed by atoms with Crippen molar-refractivity contribution >= 4 is 6.29 Å². The lowest BCUT2D eigenvalue weighted by atomic mass is 10.5. The van der Waals surface area contributed by atoms with Gasteiger partial charge in [-0.2, -0.15) is 0 Å². The summed E-state index contributed by atoms with van der Waals surface area (Å²) in [4.78, 5) is 14.2. The maximum absolute atomic E-state index is 10.3. The highest BCUT2D eigenvalue weighted by atomic mass is 16.5.